The second kappa shape index (κ2) is 13.2. The van der Waals surface area contributed by atoms with Crippen molar-refractivity contribution in [1.82, 2.24) is 24.9 Å². The molecule has 3 N–H and O–H groups in total. The van der Waals surface area contributed by atoms with Gasteiger partial charge >= 0.3 is 0 Å². The molecule has 5 heteroatoms. The van der Waals surface area contributed by atoms with Gasteiger partial charge in [0, 0.05) is 27.6 Å². The van der Waals surface area contributed by atoms with Gasteiger partial charge in [0.1, 0.15) is 0 Å². The molecule has 0 saturated carbocycles. The fourth-order valence-electron chi connectivity index (χ4n) is 8.34. The van der Waals surface area contributed by atoms with Gasteiger partial charge in [-0.1, -0.05) is 55.4 Å². The van der Waals surface area contributed by atoms with Crippen LogP contribution in [0.25, 0.3) is 55.4 Å². The number of hydrogen-bond donors (Lipinski definition) is 3. The third-order valence-corrected chi connectivity index (χ3v) is 10.8. The molecule has 0 atom stereocenters. The first-order valence-corrected chi connectivity index (χ1v) is 18.2. The molecular formula is C42H53N5. The summed E-state index contributed by atoms with van der Waals surface area (Å²) in [6.07, 6.45) is 7.66. The maximum absolute atomic E-state index is 5.44. The van der Waals surface area contributed by atoms with Crippen LogP contribution >= 0.6 is 0 Å². The van der Waals surface area contributed by atoms with E-state index in [1.807, 2.05) is 0 Å². The summed E-state index contributed by atoms with van der Waals surface area (Å²) >= 11 is 0. The molecule has 0 fully saturated rings. The Bertz CT molecular complexity index is 2140. The highest BCUT2D eigenvalue weighted by molar-refractivity contribution is 5.99. The normalized spacial score (nSPS) is 13.4. The molecule has 0 unspecified atom stereocenters. The summed E-state index contributed by atoms with van der Waals surface area (Å²) < 4.78 is 0. The van der Waals surface area contributed by atoms with Crippen LogP contribution < -0.4 is 0 Å². The van der Waals surface area contributed by atoms with Crippen LogP contribution in [0.4, 0.5) is 0 Å². The van der Waals surface area contributed by atoms with E-state index in [0.29, 0.717) is 0 Å². The van der Waals surface area contributed by atoms with Gasteiger partial charge in [-0.25, -0.2) is 9.97 Å². The van der Waals surface area contributed by atoms with Crippen LogP contribution in [-0.2, 0) is 32.1 Å². The van der Waals surface area contributed by atoms with Crippen molar-refractivity contribution in [2.45, 2.75) is 121 Å². The Morgan fingerprint density at radius 1 is 0.426 bits per heavy atom. The Labute approximate surface area is 280 Å². The number of nitrogens with zero attached hydrogens (tertiary/aromatic N) is 2. The third-order valence-electron chi connectivity index (χ3n) is 10.8. The van der Waals surface area contributed by atoms with E-state index in [1.165, 1.54) is 88.8 Å². The predicted molar refractivity (Wildman–Crippen MR) is 203 cm³/mol. The van der Waals surface area contributed by atoms with Crippen LogP contribution in [0.2, 0.25) is 0 Å². The summed E-state index contributed by atoms with van der Waals surface area (Å²) in [5, 5.41) is 0. The average Bonchev–Trinajstić information content (AvgIpc) is 3.84. The zero-order chi connectivity index (χ0) is 33.6. The average molecular weight is 628 g/mol. The van der Waals surface area contributed by atoms with Crippen LogP contribution in [0.15, 0.2) is 24.3 Å². The SMILES string of the molecule is CCC1=C(C)c2cc3nc(c4[nH]c(cc5[nH]c(cc6[nH]c(cc1n2)c(CC)c6CC)c(CC)c5C)c(CC)c4CC)C(CC)=C3CC. The quantitative estimate of drug-likeness (QED) is 0.182. The van der Waals surface area contributed by atoms with E-state index in [0.717, 1.165) is 74.1 Å². The molecule has 0 aliphatic carbocycles. The molecule has 4 aromatic rings. The summed E-state index contributed by atoms with van der Waals surface area (Å²) in [4.78, 5) is 22.4. The predicted octanol–water partition coefficient (Wildman–Crippen LogP) is 11.6. The number of nitrogens with one attached hydrogen (secondary N) is 3. The van der Waals surface area contributed by atoms with Crippen LogP contribution in [0.5, 0.6) is 0 Å². The van der Waals surface area contributed by atoms with Crippen molar-refractivity contribution in [2.24, 2.45) is 0 Å². The summed E-state index contributed by atoms with van der Waals surface area (Å²) in [7, 11) is 0. The van der Waals surface area contributed by atoms with Crippen LogP contribution in [0.1, 0.15) is 138 Å². The molecular weight excluding hydrogens is 574 g/mol. The first-order valence-electron chi connectivity index (χ1n) is 18.2. The fraction of sp³-hybridized carbons (Fsp3) is 0.429. The molecule has 47 heavy (non-hydrogen) atoms. The lowest BCUT2D eigenvalue weighted by atomic mass is 9.97. The number of rotatable bonds is 8. The molecule has 2 aliphatic heterocycles. The highest BCUT2D eigenvalue weighted by Crippen LogP contribution is 2.40. The van der Waals surface area contributed by atoms with Gasteiger partial charge < -0.3 is 15.0 Å². The molecule has 246 valence electrons. The highest BCUT2D eigenvalue weighted by atomic mass is 14.8. The molecule has 2 aliphatic rings. The second-order valence-electron chi connectivity index (χ2n) is 13.0. The fourth-order valence-corrected chi connectivity index (χ4v) is 8.34. The Balaban J connectivity index is 1.88. The van der Waals surface area contributed by atoms with E-state index < -0.39 is 0 Å². The molecule has 4 aromatic heterocycles. The van der Waals surface area contributed by atoms with Crippen molar-refractivity contribution in [3.8, 4) is 0 Å². The lowest BCUT2D eigenvalue weighted by Gasteiger charge is -2.05. The van der Waals surface area contributed by atoms with Gasteiger partial charge in [-0.05, 0) is 145 Å². The second-order valence-corrected chi connectivity index (χ2v) is 13.0. The van der Waals surface area contributed by atoms with Gasteiger partial charge in [-0.2, -0.15) is 0 Å². The van der Waals surface area contributed by atoms with Crippen molar-refractivity contribution in [3.63, 3.8) is 0 Å². The minimum absolute atomic E-state index is 0.937. The van der Waals surface area contributed by atoms with Gasteiger partial charge in [0.2, 0.25) is 0 Å². The highest BCUT2D eigenvalue weighted by Gasteiger charge is 2.24. The molecule has 5 nitrogen and oxygen atoms in total. The largest absolute Gasteiger partial charge is 0.355 e. The molecule has 6 rings (SSSR count). The van der Waals surface area contributed by atoms with Crippen LogP contribution in [0, 0.1) is 6.92 Å². The van der Waals surface area contributed by atoms with Gasteiger partial charge in [0.15, 0.2) is 0 Å². The van der Waals surface area contributed by atoms with E-state index in [9.17, 15) is 0 Å². The smallest absolute Gasteiger partial charge is 0.0910 e. The maximum atomic E-state index is 5.44. The monoisotopic (exact) mass is 627 g/mol. The molecule has 0 aromatic carbocycles. The van der Waals surface area contributed by atoms with E-state index >= 15 is 0 Å². The molecule has 0 amide bonds. The zero-order valence-corrected chi connectivity index (χ0v) is 30.4. The molecule has 10 bridgehead atoms. The third kappa shape index (κ3) is 5.32. The lowest BCUT2D eigenvalue weighted by Crippen LogP contribution is -1.89. The Hall–Kier alpha value is -4.12. The lowest BCUT2D eigenvalue weighted by molar-refractivity contribution is 1.07. The first kappa shape index (κ1) is 32.8. The van der Waals surface area contributed by atoms with E-state index in [1.54, 1.807) is 0 Å². The van der Waals surface area contributed by atoms with Gasteiger partial charge in [0.05, 0.1) is 28.3 Å². The van der Waals surface area contributed by atoms with Crippen LogP contribution in [-0.4, -0.2) is 24.9 Å². The summed E-state index contributed by atoms with van der Waals surface area (Å²) in [6, 6.07) is 9.25. The van der Waals surface area contributed by atoms with Crippen molar-refractivity contribution in [3.05, 3.63) is 80.4 Å². The van der Waals surface area contributed by atoms with Gasteiger partial charge in [-0.3, -0.25) is 0 Å². The maximum Gasteiger partial charge on any atom is 0.0910 e. The number of fused-ring (bicyclic) bond motifs is 11. The zero-order valence-electron chi connectivity index (χ0n) is 30.4. The van der Waals surface area contributed by atoms with Crippen molar-refractivity contribution in [2.75, 3.05) is 0 Å². The minimum Gasteiger partial charge on any atom is -0.355 e. The van der Waals surface area contributed by atoms with Crippen molar-refractivity contribution in [1.29, 1.82) is 0 Å². The number of allylic oxidation sites excluding steroid dienone is 4. The number of aromatic amines is 3. The van der Waals surface area contributed by atoms with E-state index in [-0.39, 0.29) is 0 Å². The van der Waals surface area contributed by atoms with Crippen LogP contribution in [0.3, 0.4) is 0 Å². The summed E-state index contributed by atoms with van der Waals surface area (Å²) in [6.45, 7) is 22.6. The molecule has 0 spiro atoms. The Kier molecular flexibility index (Phi) is 9.20. The molecule has 0 radical (unpaired) electrons. The van der Waals surface area contributed by atoms with Crippen molar-refractivity contribution >= 4 is 55.4 Å². The summed E-state index contributed by atoms with van der Waals surface area (Å²) in [5.74, 6) is 0. The topological polar surface area (TPSA) is 73.2 Å². The standard InChI is InChI=1S/C42H53N5/c1-11-25-23(9)33-19-39-29(15-5)31(17-7)41(46-39)42-32(18-8)30(16-6)40(47-42)20-34-24(10)26(12-2)36(44-34)22-38-28(14-4)27(13-3)37(45-38)21-35(25)43-33/h19-22,43,45-46H,11-18H2,1-10H3. The van der Waals surface area contributed by atoms with Gasteiger partial charge in [0.25, 0.3) is 0 Å². The summed E-state index contributed by atoms with van der Waals surface area (Å²) in [5.41, 5.74) is 24.9. The van der Waals surface area contributed by atoms with Gasteiger partial charge in [-0.15, -0.1) is 0 Å². The Morgan fingerprint density at radius 2 is 0.915 bits per heavy atom. The number of aryl methyl sites for hydroxylation is 6. The number of aromatic nitrogens is 5. The number of hydrogen-bond acceptors (Lipinski definition) is 2. The van der Waals surface area contributed by atoms with E-state index in [2.05, 4.69) is 108 Å². The molecule has 0 saturated heterocycles. The number of H-pyrrole nitrogens is 3. The van der Waals surface area contributed by atoms with Crippen molar-refractivity contribution < 1.29 is 0 Å². The van der Waals surface area contributed by atoms with E-state index in [4.69, 9.17) is 9.97 Å². The Morgan fingerprint density at radius 3 is 1.51 bits per heavy atom. The minimum atomic E-state index is 0.937. The first-order chi connectivity index (χ1) is 22.8. The molecule has 6 heterocycles.